The Balaban J connectivity index is 1.50. The molecule has 0 radical (unpaired) electrons. The maximum atomic E-state index is 14.3. The summed E-state index contributed by atoms with van der Waals surface area (Å²) in [5.41, 5.74) is 5.22. The smallest absolute Gasteiger partial charge is 0.272 e. The number of amides is 2. The number of anilines is 1. The minimum atomic E-state index is -0.0442. The van der Waals surface area contributed by atoms with Gasteiger partial charge < -0.3 is 14.7 Å². The van der Waals surface area contributed by atoms with Crippen LogP contribution in [0.2, 0.25) is 0 Å². The highest BCUT2D eigenvalue weighted by Crippen LogP contribution is 2.26. The lowest BCUT2D eigenvalue weighted by atomic mass is 10.1. The average molecular weight is 578 g/mol. The monoisotopic (exact) mass is 577 g/mol. The molecule has 43 heavy (non-hydrogen) atoms. The fourth-order valence-corrected chi connectivity index (χ4v) is 5.88. The van der Waals surface area contributed by atoms with E-state index in [1.165, 1.54) is 0 Å². The molecule has 1 aromatic heterocycles. The van der Waals surface area contributed by atoms with Crippen LogP contribution >= 0.6 is 0 Å². The van der Waals surface area contributed by atoms with E-state index in [-0.39, 0.29) is 11.8 Å². The zero-order valence-electron chi connectivity index (χ0n) is 25.7. The van der Waals surface area contributed by atoms with Crippen molar-refractivity contribution < 1.29 is 9.59 Å². The van der Waals surface area contributed by atoms with Crippen molar-refractivity contribution in [3.8, 4) is 11.3 Å². The molecule has 3 aromatic carbocycles. The van der Waals surface area contributed by atoms with Gasteiger partial charge in [0, 0.05) is 50.5 Å². The summed E-state index contributed by atoms with van der Waals surface area (Å²) in [7, 11) is 0. The van der Waals surface area contributed by atoms with Crippen LogP contribution in [-0.2, 0) is 24.3 Å². The Morgan fingerprint density at radius 2 is 1.53 bits per heavy atom. The van der Waals surface area contributed by atoms with Gasteiger partial charge in [-0.05, 0) is 49.1 Å². The van der Waals surface area contributed by atoms with E-state index in [2.05, 4.69) is 24.8 Å². The van der Waals surface area contributed by atoms with E-state index in [0.29, 0.717) is 44.2 Å². The molecule has 0 spiro atoms. The number of hydrogen-bond donors (Lipinski definition) is 0. The van der Waals surface area contributed by atoms with Crippen LogP contribution in [0.1, 0.15) is 48.8 Å². The molecule has 0 bridgehead atoms. The second kappa shape index (κ2) is 14.3. The summed E-state index contributed by atoms with van der Waals surface area (Å²) in [5.74, 6) is 0.525. The third-order valence-corrected chi connectivity index (χ3v) is 7.96. The molecule has 0 saturated carbocycles. The van der Waals surface area contributed by atoms with Crippen LogP contribution in [0.5, 0.6) is 0 Å². The van der Waals surface area contributed by atoms with E-state index >= 15 is 0 Å². The Kier molecular flexibility index (Phi) is 10.1. The molecule has 0 N–H and O–H groups in total. The molecule has 1 aliphatic rings. The number of para-hydroxylation sites is 1. The van der Waals surface area contributed by atoms with Gasteiger partial charge in [-0.1, -0.05) is 92.7 Å². The Labute approximate surface area is 255 Å². The van der Waals surface area contributed by atoms with E-state index < -0.39 is 0 Å². The minimum absolute atomic E-state index is 0.0442. The molecule has 4 aromatic rings. The van der Waals surface area contributed by atoms with Crippen molar-refractivity contribution in [1.29, 1.82) is 0 Å². The van der Waals surface area contributed by atoms with Crippen LogP contribution in [0.25, 0.3) is 11.3 Å². The number of hydrogen-bond acceptors (Lipinski definition) is 4. The van der Waals surface area contributed by atoms with E-state index in [4.69, 9.17) is 5.10 Å². The van der Waals surface area contributed by atoms with Gasteiger partial charge in [0.15, 0.2) is 0 Å². The van der Waals surface area contributed by atoms with E-state index in [0.717, 1.165) is 54.1 Å². The fourth-order valence-electron chi connectivity index (χ4n) is 5.88. The van der Waals surface area contributed by atoms with Gasteiger partial charge in [-0.25, -0.2) is 0 Å². The molecule has 0 atom stereocenters. The molecular formula is C36H43N5O2. The molecule has 0 saturated heterocycles. The molecule has 2 heterocycles. The van der Waals surface area contributed by atoms with Gasteiger partial charge in [0.2, 0.25) is 5.91 Å². The summed E-state index contributed by atoms with van der Waals surface area (Å²) < 4.78 is 1.81. The molecule has 0 aliphatic carbocycles. The molecule has 0 unspecified atom stereocenters. The predicted molar refractivity (Wildman–Crippen MR) is 173 cm³/mol. The summed E-state index contributed by atoms with van der Waals surface area (Å²) in [5, 5.41) is 4.78. The van der Waals surface area contributed by atoms with Gasteiger partial charge in [0.1, 0.15) is 5.69 Å². The fraction of sp³-hybridized carbons (Fsp3) is 0.361. The van der Waals surface area contributed by atoms with Gasteiger partial charge >= 0.3 is 0 Å². The van der Waals surface area contributed by atoms with E-state index in [1.54, 1.807) is 0 Å². The molecule has 2 amide bonds. The van der Waals surface area contributed by atoms with Crippen LogP contribution in [0.15, 0.2) is 91.0 Å². The number of nitrogens with zero attached hydrogens (tertiary/aromatic N) is 5. The first-order chi connectivity index (χ1) is 20.9. The highest BCUT2D eigenvalue weighted by molar-refractivity contribution is 5.96. The number of aryl methyl sites for hydroxylation is 1. The Bertz CT molecular complexity index is 1500. The largest absolute Gasteiger partial charge is 0.332 e. The van der Waals surface area contributed by atoms with Crippen LogP contribution in [0.4, 0.5) is 5.69 Å². The van der Waals surface area contributed by atoms with Gasteiger partial charge in [-0.3, -0.25) is 14.3 Å². The molecule has 1 aliphatic heterocycles. The molecule has 5 rings (SSSR count). The van der Waals surface area contributed by atoms with Gasteiger partial charge in [0.25, 0.3) is 5.91 Å². The minimum Gasteiger partial charge on any atom is -0.332 e. The van der Waals surface area contributed by atoms with Crippen molar-refractivity contribution in [2.45, 2.75) is 46.7 Å². The highest BCUT2D eigenvalue weighted by Gasteiger charge is 2.26. The number of benzene rings is 3. The highest BCUT2D eigenvalue weighted by atomic mass is 16.2. The maximum Gasteiger partial charge on any atom is 0.272 e. The number of carbonyl (C=O) groups excluding carboxylic acids is 2. The molecule has 0 fully saturated rings. The summed E-state index contributed by atoms with van der Waals surface area (Å²) >= 11 is 0. The van der Waals surface area contributed by atoms with Crippen LogP contribution < -0.4 is 4.90 Å². The first-order valence-electron chi connectivity index (χ1n) is 15.5. The zero-order valence-corrected chi connectivity index (χ0v) is 25.7. The summed E-state index contributed by atoms with van der Waals surface area (Å²) in [6, 6.07) is 29.9. The second-order valence-electron chi connectivity index (χ2n) is 11.7. The lowest BCUT2D eigenvalue weighted by Crippen LogP contribution is -2.40. The Hall–Kier alpha value is -4.23. The number of carbonyl (C=O) groups is 2. The molecule has 224 valence electrons. The van der Waals surface area contributed by atoms with Crippen LogP contribution in [-0.4, -0.2) is 64.1 Å². The van der Waals surface area contributed by atoms with Gasteiger partial charge in [0.05, 0.1) is 12.1 Å². The standard InChI is InChI=1S/C36H43N5O2/c1-4-41-34(25-32(37-41)30-16-9-6-10-17-30)36(43)39-23-22-38(26-28(2)3)20-13-21-40(33-19-12-11-18-31(33)27-39)35(42)24-29-14-7-5-8-15-29/h5-12,14-19,25,28H,4,13,20-24,26-27H2,1-3H3. The average Bonchev–Trinajstić information content (AvgIpc) is 3.45. The van der Waals surface area contributed by atoms with Crippen molar-refractivity contribution in [2.75, 3.05) is 37.6 Å². The Morgan fingerprint density at radius 1 is 0.837 bits per heavy atom. The lowest BCUT2D eigenvalue weighted by Gasteiger charge is -2.29. The number of aromatic nitrogens is 2. The number of rotatable bonds is 7. The quantitative estimate of drug-likeness (QED) is 0.264. The maximum absolute atomic E-state index is 14.3. The molecule has 7 heteroatoms. The molecular weight excluding hydrogens is 534 g/mol. The zero-order chi connectivity index (χ0) is 30.2. The van der Waals surface area contributed by atoms with Crippen LogP contribution in [0.3, 0.4) is 0 Å². The van der Waals surface area contributed by atoms with Crippen molar-refractivity contribution in [1.82, 2.24) is 19.6 Å². The van der Waals surface area contributed by atoms with Gasteiger partial charge in [-0.2, -0.15) is 5.10 Å². The Morgan fingerprint density at radius 3 is 2.26 bits per heavy atom. The lowest BCUT2D eigenvalue weighted by molar-refractivity contribution is -0.118. The topological polar surface area (TPSA) is 61.7 Å². The van der Waals surface area contributed by atoms with Crippen molar-refractivity contribution in [3.63, 3.8) is 0 Å². The summed E-state index contributed by atoms with van der Waals surface area (Å²) in [4.78, 5) is 34.5. The molecule has 7 nitrogen and oxygen atoms in total. The third kappa shape index (κ3) is 7.59. The number of fused-ring (bicyclic) bond motifs is 1. The van der Waals surface area contributed by atoms with Gasteiger partial charge in [-0.15, -0.1) is 0 Å². The summed E-state index contributed by atoms with van der Waals surface area (Å²) in [6.45, 7) is 11.3. The normalized spacial score (nSPS) is 14.8. The summed E-state index contributed by atoms with van der Waals surface area (Å²) in [6.07, 6.45) is 1.20. The van der Waals surface area contributed by atoms with E-state index in [1.807, 2.05) is 106 Å². The van der Waals surface area contributed by atoms with E-state index in [9.17, 15) is 9.59 Å². The first-order valence-corrected chi connectivity index (χ1v) is 15.5. The third-order valence-electron chi connectivity index (χ3n) is 7.96. The first kappa shape index (κ1) is 30.2. The van der Waals surface area contributed by atoms with Crippen LogP contribution in [0, 0.1) is 5.92 Å². The second-order valence-corrected chi connectivity index (χ2v) is 11.7. The van der Waals surface area contributed by atoms with Crippen molar-refractivity contribution in [3.05, 3.63) is 108 Å². The van der Waals surface area contributed by atoms with Crippen molar-refractivity contribution in [2.24, 2.45) is 5.92 Å². The SMILES string of the molecule is CCn1nc(-c2ccccc2)cc1C(=O)N1CCN(CC(C)C)CCCN(C(=O)Cc2ccccc2)c2ccccc2C1. The predicted octanol–water partition coefficient (Wildman–Crippen LogP) is 6.15. The van der Waals surface area contributed by atoms with Crippen molar-refractivity contribution >= 4 is 17.5 Å².